The molecule has 0 saturated carbocycles. The molecule has 0 spiro atoms. The first-order chi connectivity index (χ1) is 17.2. The Labute approximate surface area is 248 Å². The summed E-state index contributed by atoms with van der Waals surface area (Å²) in [4.78, 5) is 4.28. The van der Waals surface area contributed by atoms with Crippen LogP contribution in [0.1, 0.15) is 5.56 Å². The van der Waals surface area contributed by atoms with E-state index in [1.807, 2.05) is 115 Å². The van der Waals surface area contributed by atoms with Crippen LogP contribution in [-0.2, 0) is 0 Å². The van der Waals surface area contributed by atoms with Gasteiger partial charge in [0, 0.05) is 45.2 Å². The molecular formula is C31H22Br2NOSb-. The SMILES string of the molecule is [O-]c1c(Br)cc(N=Cc2[c]cccc2)cc1Br.[Sb].[c]1ccccc1.[c]1ccccc1.[c]1ccccc1. The number of halogens is 2. The number of hydrogen-bond donors (Lipinski definition) is 0. The predicted octanol–water partition coefficient (Wildman–Crippen LogP) is 7.92. The van der Waals surface area contributed by atoms with Crippen molar-refractivity contribution in [2.45, 2.75) is 0 Å². The molecule has 0 aliphatic heterocycles. The van der Waals surface area contributed by atoms with E-state index in [9.17, 15) is 5.11 Å². The summed E-state index contributed by atoms with van der Waals surface area (Å²) in [5.41, 5.74) is 1.60. The summed E-state index contributed by atoms with van der Waals surface area (Å²) in [6.45, 7) is 0. The normalized spacial score (nSPS) is 9.17. The Morgan fingerprint density at radius 2 is 1.03 bits per heavy atom. The fourth-order valence-corrected chi connectivity index (χ4v) is 3.44. The largest absolute Gasteiger partial charge is 0.871 e. The third-order valence-electron chi connectivity index (χ3n) is 3.89. The molecule has 5 aromatic carbocycles. The average Bonchev–Trinajstić information content (AvgIpc) is 2.95. The molecule has 0 unspecified atom stereocenters. The monoisotopic (exact) mass is 703 g/mol. The zero-order valence-corrected chi connectivity index (χ0v) is 25.0. The smallest absolute Gasteiger partial charge is 0.0651 e. The van der Waals surface area contributed by atoms with E-state index in [1.54, 1.807) is 18.3 Å². The Kier molecular flexibility index (Phi) is 17.9. The van der Waals surface area contributed by atoms with Crippen molar-refractivity contribution >= 4 is 68.2 Å². The number of rotatable bonds is 2. The Hall–Kier alpha value is -2.65. The van der Waals surface area contributed by atoms with E-state index in [0.29, 0.717) is 14.6 Å². The second kappa shape index (κ2) is 20.5. The number of benzene rings is 5. The Morgan fingerprint density at radius 1 is 0.611 bits per heavy atom. The van der Waals surface area contributed by atoms with Crippen LogP contribution in [0.15, 0.2) is 141 Å². The van der Waals surface area contributed by atoms with Crippen LogP contribution in [0, 0.1) is 24.3 Å². The summed E-state index contributed by atoms with van der Waals surface area (Å²) in [5.74, 6) is -0.0739. The third kappa shape index (κ3) is 14.7. The van der Waals surface area contributed by atoms with E-state index in [2.05, 4.69) is 61.1 Å². The molecule has 5 heteroatoms. The summed E-state index contributed by atoms with van der Waals surface area (Å²) >= 11 is 6.40. The Bertz CT molecular complexity index is 1030. The molecule has 0 aliphatic rings. The van der Waals surface area contributed by atoms with Crippen molar-refractivity contribution in [1.29, 1.82) is 0 Å². The van der Waals surface area contributed by atoms with E-state index in [1.165, 1.54) is 0 Å². The fraction of sp³-hybridized carbons (Fsp3) is 0. The molecule has 5 rings (SSSR count). The van der Waals surface area contributed by atoms with E-state index in [0.717, 1.165) is 5.56 Å². The maximum absolute atomic E-state index is 11.4. The van der Waals surface area contributed by atoms with Crippen molar-refractivity contribution in [3.05, 3.63) is 166 Å². The molecule has 0 aromatic heterocycles. The van der Waals surface area contributed by atoms with E-state index >= 15 is 0 Å². The van der Waals surface area contributed by atoms with E-state index < -0.39 is 0 Å². The molecule has 0 bridgehead atoms. The molecule has 5 aromatic rings. The van der Waals surface area contributed by atoms with Gasteiger partial charge in [-0.05, 0) is 36.4 Å². The van der Waals surface area contributed by atoms with Crippen LogP contribution in [0.3, 0.4) is 0 Å². The molecule has 0 fully saturated rings. The number of hydrogen-bond acceptors (Lipinski definition) is 2. The number of nitrogens with zero attached hydrogens (tertiary/aromatic N) is 1. The quantitative estimate of drug-likeness (QED) is 0.136. The van der Waals surface area contributed by atoms with Crippen LogP contribution >= 0.6 is 31.9 Å². The molecule has 177 valence electrons. The van der Waals surface area contributed by atoms with Crippen molar-refractivity contribution in [3.63, 3.8) is 0 Å². The predicted molar refractivity (Wildman–Crippen MR) is 155 cm³/mol. The molecule has 2 nitrogen and oxygen atoms in total. The van der Waals surface area contributed by atoms with Gasteiger partial charge < -0.3 is 5.11 Å². The minimum atomic E-state index is -0.0739. The molecule has 7 radical (unpaired) electrons. The third-order valence-corrected chi connectivity index (χ3v) is 5.07. The van der Waals surface area contributed by atoms with Gasteiger partial charge in [-0.3, -0.25) is 4.99 Å². The van der Waals surface area contributed by atoms with Crippen molar-refractivity contribution in [1.82, 2.24) is 0 Å². The van der Waals surface area contributed by atoms with Crippen LogP contribution in [0.25, 0.3) is 0 Å². The average molecular weight is 706 g/mol. The minimum absolute atomic E-state index is 0. The van der Waals surface area contributed by atoms with Gasteiger partial charge in [-0.1, -0.05) is 153 Å². The van der Waals surface area contributed by atoms with Gasteiger partial charge in [-0.15, -0.1) is 0 Å². The number of aliphatic imine (C=N–C) groups is 1. The first-order valence-corrected chi connectivity index (χ1v) is 12.2. The summed E-state index contributed by atoms with van der Waals surface area (Å²) in [7, 11) is 0. The van der Waals surface area contributed by atoms with Gasteiger partial charge in [0.1, 0.15) is 0 Å². The van der Waals surface area contributed by atoms with Gasteiger partial charge in [0.25, 0.3) is 0 Å². The van der Waals surface area contributed by atoms with Gasteiger partial charge in [0.2, 0.25) is 0 Å². The maximum atomic E-state index is 11.4. The fourth-order valence-electron chi connectivity index (χ4n) is 2.28. The van der Waals surface area contributed by atoms with Crippen molar-refractivity contribution < 1.29 is 5.11 Å². The molecule has 0 aliphatic carbocycles. The van der Waals surface area contributed by atoms with E-state index in [-0.39, 0.29) is 30.2 Å². The zero-order chi connectivity index (χ0) is 25.0. The second-order valence-corrected chi connectivity index (χ2v) is 8.26. The van der Waals surface area contributed by atoms with Gasteiger partial charge >= 0.3 is 0 Å². The molecule has 0 atom stereocenters. The van der Waals surface area contributed by atoms with Crippen molar-refractivity contribution in [2.24, 2.45) is 4.99 Å². The summed E-state index contributed by atoms with van der Waals surface area (Å²) < 4.78 is 0.993. The summed E-state index contributed by atoms with van der Waals surface area (Å²) in [6.07, 6.45) is 1.71. The topological polar surface area (TPSA) is 35.4 Å². The molecule has 0 saturated heterocycles. The second-order valence-electron chi connectivity index (χ2n) is 6.55. The van der Waals surface area contributed by atoms with Gasteiger partial charge in [-0.25, -0.2) is 0 Å². The molecular weight excluding hydrogens is 684 g/mol. The summed E-state index contributed by atoms with van der Waals surface area (Å²) in [5, 5.41) is 11.4. The minimum Gasteiger partial charge on any atom is -0.871 e. The van der Waals surface area contributed by atoms with Crippen LogP contribution in [0.5, 0.6) is 5.75 Å². The first kappa shape index (κ1) is 31.4. The van der Waals surface area contributed by atoms with E-state index in [4.69, 9.17) is 0 Å². The zero-order valence-electron chi connectivity index (χ0n) is 19.3. The van der Waals surface area contributed by atoms with Crippen LogP contribution in [-0.4, -0.2) is 30.6 Å². The maximum Gasteiger partial charge on any atom is 0.0651 e. The van der Waals surface area contributed by atoms with Crippen LogP contribution < -0.4 is 5.11 Å². The molecule has 0 amide bonds. The molecule has 0 N–H and O–H groups in total. The molecule has 0 heterocycles. The Morgan fingerprint density at radius 3 is 1.33 bits per heavy atom. The van der Waals surface area contributed by atoms with Crippen LogP contribution in [0.2, 0.25) is 0 Å². The first-order valence-electron chi connectivity index (χ1n) is 10.6. The van der Waals surface area contributed by atoms with Gasteiger partial charge in [0.15, 0.2) is 0 Å². The van der Waals surface area contributed by atoms with Gasteiger partial charge in [-0.2, -0.15) is 0 Å². The van der Waals surface area contributed by atoms with Crippen LogP contribution in [0.4, 0.5) is 5.69 Å². The standard InChI is InChI=1S/C13H8Br2NO.3C6H5.Sb/c14-11-6-10(7-12(15)13(11)17)16-8-9-4-2-1-3-5-9;3*1-2-4-6-5-3-1;/h1-4,6-8,17H;3*1-5H;/p-1. The van der Waals surface area contributed by atoms with Crippen molar-refractivity contribution in [3.8, 4) is 5.75 Å². The summed E-state index contributed by atoms with van der Waals surface area (Å²) in [6, 6.07) is 51.5. The van der Waals surface area contributed by atoms with Gasteiger partial charge in [0.05, 0.1) is 5.69 Å². The molecule has 36 heavy (non-hydrogen) atoms. The Balaban J connectivity index is 0.000000279. The van der Waals surface area contributed by atoms with Crippen molar-refractivity contribution in [2.75, 3.05) is 0 Å².